The van der Waals surface area contributed by atoms with Crippen molar-refractivity contribution in [2.75, 3.05) is 23.9 Å². The lowest BCUT2D eigenvalue weighted by molar-refractivity contribution is -0.117. The van der Waals surface area contributed by atoms with E-state index >= 15 is 0 Å². The summed E-state index contributed by atoms with van der Waals surface area (Å²) in [5, 5.41) is 12.5. The summed E-state index contributed by atoms with van der Waals surface area (Å²) >= 11 is 7.25. The molecule has 0 spiro atoms. The number of hydrogen-bond donors (Lipinski definition) is 1. The monoisotopic (exact) mass is 428 g/mol. The van der Waals surface area contributed by atoms with Gasteiger partial charge in [-0.2, -0.15) is 0 Å². The second-order valence-corrected chi connectivity index (χ2v) is 7.93. The van der Waals surface area contributed by atoms with Gasteiger partial charge in [0.25, 0.3) is 5.91 Å². The maximum Gasteiger partial charge on any atom is 0.261 e. The van der Waals surface area contributed by atoms with E-state index in [1.807, 2.05) is 30.3 Å². The van der Waals surface area contributed by atoms with Crippen LogP contribution < -0.4 is 15.0 Å². The van der Waals surface area contributed by atoms with Crippen LogP contribution in [0.3, 0.4) is 0 Å². The van der Waals surface area contributed by atoms with E-state index in [0.717, 1.165) is 5.69 Å². The first-order valence-corrected chi connectivity index (χ1v) is 10.1. The number of ether oxygens (including phenoxy) is 1. The molecule has 2 heterocycles. The van der Waals surface area contributed by atoms with Crippen LogP contribution in [0.5, 0.6) is 5.75 Å². The van der Waals surface area contributed by atoms with Gasteiger partial charge in [0.2, 0.25) is 11.0 Å². The van der Waals surface area contributed by atoms with Gasteiger partial charge in [0, 0.05) is 29.6 Å². The molecule has 2 aromatic carbocycles. The number of nitrogens with one attached hydrogen (secondary N) is 1. The van der Waals surface area contributed by atoms with Gasteiger partial charge in [-0.05, 0) is 30.3 Å². The SMILES string of the molecule is COc1ccc(Cl)cc1C(=O)Nc1nnc(C2CC(=O)N(c3ccccc3)C2)s1. The van der Waals surface area contributed by atoms with Crippen molar-refractivity contribution in [3.05, 3.63) is 64.1 Å². The fourth-order valence-electron chi connectivity index (χ4n) is 3.20. The number of aromatic nitrogens is 2. The molecule has 7 nitrogen and oxygen atoms in total. The van der Waals surface area contributed by atoms with Gasteiger partial charge >= 0.3 is 0 Å². The number of benzene rings is 2. The van der Waals surface area contributed by atoms with Crippen molar-refractivity contribution in [3.63, 3.8) is 0 Å². The Morgan fingerprint density at radius 1 is 1.24 bits per heavy atom. The minimum atomic E-state index is -0.388. The molecule has 0 radical (unpaired) electrons. The lowest BCUT2D eigenvalue weighted by Crippen LogP contribution is -2.24. The Hall–Kier alpha value is -2.97. The molecule has 0 saturated carbocycles. The molecule has 1 fully saturated rings. The van der Waals surface area contributed by atoms with Gasteiger partial charge in [-0.1, -0.05) is 41.1 Å². The van der Waals surface area contributed by atoms with E-state index in [9.17, 15) is 9.59 Å². The van der Waals surface area contributed by atoms with Crippen molar-refractivity contribution < 1.29 is 14.3 Å². The van der Waals surface area contributed by atoms with E-state index in [2.05, 4.69) is 15.5 Å². The third kappa shape index (κ3) is 4.08. The van der Waals surface area contributed by atoms with Crippen molar-refractivity contribution in [1.82, 2.24) is 10.2 Å². The highest BCUT2D eigenvalue weighted by Crippen LogP contribution is 2.34. The number of halogens is 1. The third-order valence-corrected chi connectivity index (χ3v) is 5.85. The zero-order valence-corrected chi connectivity index (χ0v) is 17.0. The smallest absolute Gasteiger partial charge is 0.261 e. The Bertz CT molecular complexity index is 1060. The van der Waals surface area contributed by atoms with E-state index in [-0.39, 0.29) is 17.7 Å². The highest BCUT2D eigenvalue weighted by atomic mass is 35.5. The molecular weight excluding hydrogens is 412 g/mol. The summed E-state index contributed by atoms with van der Waals surface area (Å²) in [5.74, 6) is 0.00852. The van der Waals surface area contributed by atoms with Gasteiger partial charge in [-0.25, -0.2) is 0 Å². The zero-order valence-electron chi connectivity index (χ0n) is 15.5. The second kappa shape index (κ2) is 8.18. The van der Waals surface area contributed by atoms with Gasteiger partial charge in [0.1, 0.15) is 10.8 Å². The van der Waals surface area contributed by atoms with Crippen LogP contribution in [0.1, 0.15) is 27.7 Å². The fraction of sp³-hybridized carbons (Fsp3) is 0.200. The molecule has 1 aromatic heterocycles. The van der Waals surface area contributed by atoms with Gasteiger partial charge < -0.3 is 9.64 Å². The summed E-state index contributed by atoms with van der Waals surface area (Å²) in [6.07, 6.45) is 0.361. The van der Waals surface area contributed by atoms with Crippen molar-refractivity contribution in [3.8, 4) is 5.75 Å². The first kappa shape index (κ1) is 19.4. The summed E-state index contributed by atoms with van der Waals surface area (Å²) in [4.78, 5) is 26.8. The Balaban J connectivity index is 1.47. The maximum atomic E-state index is 12.6. The molecule has 1 N–H and O–H groups in total. The number of nitrogens with zero attached hydrogens (tertiary/aromatic N) is 3. The average molecular weight is 429 g/mol. The normalized spacial score (nSPS) is 16.1. The van der Waals surface area contributed by atoms with Gasteiger partial charge in [-0.3, -0.25) is 14.9 Å². The first-order valence-electron chi connectivity index (χ1n) is 8.89. The summed E-state index contributed by atoms with van der Waals surface area (Å²) in [7, 11) is 1.48. The number of amides is 2. The molecule has 29 heavy (non-hydrogen) atoms. The lowest BCUT2D eigenvalue weighted by atomic mass is 10.1. The third-order valence-electron chi connectivity index (χ3n) is 4.61. The summed E-state index contributed by atoms with van der Waals surface area (Å²) in [6.45, 7) is 0.535. The molecule has 2 amide bonds. The molecule has 4 rings (SSSR count). The number of methoxy groups -OCH3 is 1. The molecule has 1 aliphatic rings. The van der Waals surface area contributed by atoms with E-state index in [0.29, 0.717) is 39.4 Å². The number of carbonyl (C=O) groups is 2. The molecule has 0 aliphatic carbocycles. The molecule has 1 aliphatic heterocycles. The molecule has 1 unspecified atom stereocenters. The standard InChI is InChI=1S/C20H17ClN4O3S/c1-28-16-8-7-13(21)10-15(16)18(27)22-20-24-23-19(29-20)12-9-17(26)25(11-12)14-5-3-2-4-6-14/h2-8,10,12H,9,11H2,1H3,(H,22,24,27). The number of rotatable bonds is 5. The topological polar surface area (TPSA) is 84.4 Å². The molecule has 1 saturated heterocycles. The van der Waals surface area contributed by atoms with E-state index in [1.54, 1.807) is 17.0 Å². The Morgan fingerprint density at radius 3 is 2.79 bits per heavy atom. The van der Waals surface area contributed by atoms with Crippen LogP contribution in [0.15, 0.2) is 48.5 Å². The van der Waals surface area contributed by atoms with Crippen LogP contribution in [-0.4, -0.2) is 35.7 Å². The molecule has 0 bridgehead atoms. The first-order chi connectivity index (χ1) is 14.0. The average Bonchev–Trinajstić information content (AvgIpc) is 3.35. The number of hydrogen-bond acceptors (Lipinski definition) is 6. The summed E-state index contributed by atoms with van der Waals surface area (Å²) in [6, 6.07) is 14.3. The molecule has 9 heteroatoms. The summed E-state index contributed by atoms with van der Waals surface area (Å²) in [5.41, 5.74) is 1.18. The van der Waals surface area contributed by atoms with Crippen LogP contribution in [0.25, 0.3) is 0 Å². The highest BCUT2D eigenvalue weighted by molar-refractivity contribution is 7.15. The van der Waals surface area contributed by atoms with E-state index < -0.39 is 0 Å². The number of carbonyl (C=O) groups excluding carboxylic acids is 2. The zero-order chi connectivity index (χ0) is 20.4. The van der Waals surface area contributed by atoms with Gasteiger partial charge in [-0.15, -0.1) is 10.2 Å². The van der Waals surface area contributed by atoms with Gasteiger partial charge in [0.05, 0.1) is 12.7 Å². The predicted octanol–water partition coefficient (Wildman–Crippen LogP) is 3.97. The van der Waals surface area contributed by atoms with Crippen LogP contribution in [-0.2, 0) is 4.79 Å². The molecule has 148 valence electrons. The van der Waals surface area contributed by atoms with Crippen molar-refractivity contribution in [2.45, 2.75) is 12.3 Å². The van der Waals surface area contributed by atoms with Crippen LogP contribution in [0, 0.1) is 0 Å². The largest absolute Gasteiger partial charge is 0.496 e. The Labute approximate surface area is 176 Å². The second-order valence-electron chi connectivity index (χ2n) is 6.49. The molecule has 3 aromatic rings. The van der Waals surface area contributed by atoms with Crippen molar-refractivity contribution >= 4 is 45.6 Å². The maximum absolute atomic E-state index is 12.6. The van der Waals surface area contributed by atoms with Crippen LogP contribution in [0.2, 0.25) is 5.02 Å². The fourth-order valence-corrected chi connectivity index (χ4v) is 4.20. The molecular formula is C20H17ClN4O3S. The van der Waals surface area contributed by atoms with E-state index in [4.69, 9.17) is 16.3 Å². The Kier molecular flexibility index (Phi) is 5.46. The summed E-state index contributed by atoms with van der Waals surface area (Å²) < 4.78 is 5.22. The number of para-hydroxylation sites is 1. The van der Waals surface area contributed by atoms with E-state index in [1.165, 1.54) is 24.5 Å². The minimum Gasteiger partial charge on any atom is -0.496 e. The predicted molar refractivity (Wildman–Crippen MR) is 112 cm³/mol. The highest BCUT2D eigenvalue weighted by Gasteiger charge is 2.34. The Morgan fingerprint density at radius 2 is 2.03 bits per heavy atom. The van der Waals surface area contributed by atoms with Gasteiger partial charge in [0.15, 0.2) is 0 Å². The van der Waals surface area contributed by atoms with Crippen LogP contribution >= 0.6 is 22.9 Å². The van der Waals surface area contributed by atoms with Crippen LogP contribution in [0.4, 0.5) is 10.8 Å². The number of anilines is 2. The van der Waals surface area contributed by atoms with Crippen molar-refractivity contribution in [2.24, 2.45) is 0 Å². The van der Waals surface area contributed by atoms with Crippen molar-refractivity contribution in [1.29, 1.82) is 0 Å². The minimum absolute atomic E-state index is 0.0469. The quantitative estimate of drug-likeness (QED) is 0.664. The molecule has 1 atom stereocenters. The lowest BCUT2D eigenvalue weighted by Gasteiger charge is -2.15.